The molecule has 0 radical (unpaired) electrons. The van der Waals surface area contributed by atoms with Gasteiger partial charge in [0.1, 0.15) is 6.61 Å². The van der Waals surface area contributed by atoms with Crippen molar-refractivity contribution in [3.63, 3.8) is 0 Å². The maximum Gasteiger partial charge on any atom is 0.176 e. The topological polar surface area (TPSA) is 51.0 Å². The van der Waals surface area contributed by atoms with Crippen molar-refractivity contribution in [3.8, 4) is 23.8 Å². The lowest BCUT2D eigenvalue weighted by atomic mass is 10.2. The number of terminal acetylenes is 1. The highest BCUT2D eigenvalue weighted by Crippen LogP contribution is 2.36. The minimum absolute atomic E-state index is 0.155. The quantitative estimate of drug-likeness (QED) is 0.399. The fraction of sp³-hybridized carbons (Fsp3) is 0.182. The van der Waals surface area contributed by atoms with Crippen LogP contribution in [0, 0.1) is 12.3 Å². The van der Waals surface area contributed by atoms with Crippen LogP contribution in [0.3, 0.4) is 0 Å². The Morgan fingerprint density at radius 1 is 1.62 bits per heavy atom. The molecule has 0 aliphatic heterocycles. The number of benzene rings is 1. The molecule has 0 heterocycles. The molecule has 0 fully saturated rings. The van der Waals surface area contributed by atoms with E-state index in [-0.39, 0.29) is 6.61 Å². The van der Waals surface area contributed by atoms with E-state index in [9.17, 15) is 0 Å². The predicted molar refractivity (Wildman–Crippen MR) is 64.4 cm³/mol. The summed E-state index contributed by atoms with van der Waals surface area (Å²) in [5.41, 5.74) is 0.680. The Hall–Kier alpha value is -1.67. The molecular weight excluding hydrogens is 274 g/mol. The first-order valence-electron chi connectivity index (χ1n) is 4.34. The molecule has 0 aliphatic carbocycles. The number of nitrogens with zero attached hydrogens (tertiary/aromatic N) is 1. The van der Waals surface area contributed by atoms with Gasteiger partial charge in [-0.1, -0.05) is 11.1 Å². The maximum atomic E-state index is 8.44. The highest BCUT2D eigenvalue weighted by molar-refractivity contribution is 9.10. The summed E-state index contributed by atoms with van der Waals surface area (Å²) in [4.78, 5) is 0. The molecule has 0 atom stereocenters. The van der Waals surface area contributed by atoms with Gasteiger partial charge in [-0.05, 0) is 28.1 Å². The monoisotopic (exact) mass is 283 g/mol. The number of methoxy groups -OCH3 is 1. The molecule has 0 spiro atoms. The standard InChI is InChI=1S/C11H10BrNO3/c1-3-4-16-11-9(12)5-8(7-13-14)6-10(11)15-2/h1,5-7,14H,4H2,2H3/b13-7-. The van der Waals surface area contributed by atoms with Crippen molar-refractivity contribution in [2.45, 2.75) is 0 Å². The van der Waals surface area contributed by atoms with Crippen LogP contribution in [-0.4, -0.2) is 25.1 Å². The van der Waals surface area contributed by atoms with E-state index >= 15 is 0 Å². The minimum atomic E-state index is 0.155. The van der Waals surface area contributed by atoms with Crippen molar-refractivity contribution in [1.29, 1.82) is 0 Å². The Kier molecular flexibility index (Phi) is 4.67. The van der Waals surface area contributed by atoms with Gasteiger partial charge < -0.3 is 14.7 Å². The van der Waals surface area contributed by atoms with Crippen LogP contribution in [0.1, 0.15) is 5.56 Å². The molecule has 84 valence electrons. The number of hydrogen-bond acceptors (Lipinski definition) is 4. The van der Waals surface area contributed by atoms with Crippen molar-refractivity contribution < 1.29 is 14.7 Å². The van der Waals surface area contributed by atoms with Gasteiger partial charge in [0.25, 0.3) is 0 Å². The third-order valence-corrected chi connectivity index (χ3v) is 2.35. The smallest absolute Gasteiger partial charge is 0.176 e. The van der Waals surface area contributed by atoms with Crippen molar-refractivity contribution in [2.75, 3.05) is 13.7 Å². The summed E-state index contributed by atoms with van der Waals surface area (Å²) in [7, 11) is 1.52. The number of ether oxygens (including phenoxy) is 2. The summed E-state index contributed by atoms with van der Waals surface area (Å²) < 4.78 is 11.1. The molecule has 1 N–H and O–H groups in total. The molecule has 16 heavy (non-hydrogen) atoms. The van der Waals surface area contributed by atoms with E-state index in [1.807, 2.05) is 0 Å². The highest BCUT2D eigenvalue weighted by Gasteiger charge is 2.10. The Labute approximate surface area is 102 Å². The summed E-state index contributed by atoms with van der Waals surface area (Å²) in [5.74, 6) is 3.41. The average Bonchev–Trinajstić information content (AvgIpc) is 2.27. The summed E-state index contributed by atoms with van der Waals surface area (Å²) in [6.07, 6.45) is 6.40. The molecule has 0 bridgehead atoms. The second kappa shape index (κ2) is 6.03. The van der Waals surface area contributed by atoms with Crippen molar-refractivity contribution in [1.82, 2.24) is 0 Å². The normalized spacial score (nSPS) is 10.1. The van der Waals surface area contributed by atoms with Gasteiger partial charge in [0.05, 0.1) is 17.8 Å². The molecule has 0 saturated heterocycles. The molecule has 1 rings (SSSR count). The first-order chi connectivity index (χ1) is 7.72. The van der Waals surface area contributed by atoms with Crippen molar-refractivity contribution in [3.05, 3.63) is 22.2 Å². The van der Waals surface area contributed by atoms with Crippen LogP contribution in [0.2, 0.25) is 0 Å². The minimum Gasteiger partial charge on any atom is -0.493 e. The largest absolute Gasteiger partial charge is 0.493 e. The van der Waals surface area contributed by atoms with Crippen molar-refractivity contribution >= 4 is 22.1 Å². The van der Waals surface area contributed by atoms with Gasteiger partial charge in [-0.3, -0.25) is 0 Å². The number of halogens is 1. The summed E-state index contributed by atoms with van der Waals surface area (Å²) in [5, 5.41) is 11.4. The van der Waals surface area contributed by atoms with Crippen LogP contribution >= 0.6 is 15.9 Å². The van der Waals surface area contributed by atoms with Gasteiger partial charge >= 0.3 is 0 Å². The van der Waals surface area contributed by atoms with E-state index in [0.29, 0.717) is 21.5 Å². The lowest BCUT2D eigenvalue weighted by molar-refractivity contribution is 0.321. The van der Waals surface area contributed by atoms with Gasteiger partial charge in [0.15, 0.2) is 11.5 Å². The summed E-state index contributed by atoms with van der Waals surface area (Å²) >= 11 is 3.32. The molecule has 0 unspecified atom stereocenters. The van der Waals surface area contributed by atoms with E-state index in [4.69, 9.17) is 21.1 Å². The van der Waals surface area contributed by atoms with Crippen LogP contribution in [0.5, 0.6) is 11.5 Å². The van der Waals surface area contributed by atoms with Crippen LogP contribution < -0.4 is 9.47 Å². The molecule has 1 aromatic carbocycles. The Balaban J connectivity index is 3.13. The van der Waals surface area contributed by atoms with E-state index in [1.165, 1.54) is 13.3 Å². The summed E-state index contributed by atoms with van der Waals surface area (Å²) in [6.45, 7) is 0.155. The fourth-order valence-corrected chi connectivity index (χ4v) is 1.71. The SMILES string of the molecule is C#CCOc1c(Br)cc(/C=N\O)cc1OC. The lowest BCUT2D eigenvalue weighted by Gasteiger charge is -2.11. The van der Waals surface area contributed by atoms with Crippen LogP contribution in [0.25, 0.3) is 0 Å². The summed E-state index contributed by atoms with van der Waals surface area (Å²) in [6, 6.07) is 3.41. The van der Waals surface area contributed by atoms with Crippen LogP contribution in [0.4, 0.5) is 0 Å². The van der Waals surface area contributed by atoms with E-state index in [2.05, 4.69) is 27.0 Å². The van der Waals surface area contributed by atoms with E-state index in [1.54, 1.807) is 12.1 Å². The molecule has 0 aromatic heterocycles. The van der Waals surface area contributed by atoms with Crippen LogP contribution in [-0.2, 0) is 0 Å². The van der Waals surface area contributed by atoms with E-state index < -0.39 is 0 Å². The number of oxime groups is 1. The first-order valence-corrected chi connectivity index (χ1v) is 5.13. The first kappa shape index (κ1) is 12.4. The Morgan fingerprint density at radius 3 is 2.94 bits per heavy atom. The highest BCUT2D eigenvalue weighted by atomic mass is 79.9. The molecule has 0 saturated carbocycles. The molecule has 0 amide bonds. The fourth-order valence-electron chi connectivity index (χ4n) is 1.13. The Bertz CT molecular complexity index is 438. The van der Waals surface area contributed by atoms with Gasteiger partial charge in [0.2, 0.25) is 0 Å². The zero-order chi connectivity index (χ0) is 12.0. The molecule has 4 nitrogen and oxygen atoms in total. The van der Waals surface area contributed by atoms with Gasteiger partial charge in [-0.25, -0.2) is 0 Å². The number of rotatable bonds is 4. The third-order valence-electron chi connectivity index (χ3n) is 1.76. The molecular formula is C11H10BrNO3. The third kappa shape index (κ3) is 2.91. The second-order valence-electron chi connectivity index (χ2n) is 2.77. The van der Waals surface area contributed by atoms with Crippen molar-refractivity contribution in [2.24, 2.45) is 5.16 Å². The maximum absolute atomic E-state index is 8.44. The van der Waals surface area contributed by atoms with Gasteiger partial charge in [-0.2, -0.15) is 0 Å². The lowest BCUT2D eigenvalue weighted by Crippen LogP contribution is -1.98. The zero-order valence-corrected chi connectivity index (χ0v) is 10.2. The second-order valence-corrected chi connectivity index (χ2v) is 3.63. The van der Waals surface area contributed by atoms with E-state index in [0.717, 1.165) is 0 Å². The number of hydrogen-bond donors (Lipinski definition) is 1. The van der Waals surface area contributed by atoms with Gasteiger partial charge in [-0.15, -0.1) is 6.42 Å². The molecule has 5 heteroatoms. The van der Waals surface area contributed by atoms with Crippen LogP contribution in [0.15, 0.2) is 21.8 Å². The zero-order valence-electron chi connectivity index (χ0n) is 8.61. The Morgan fingerprint density at radius 2 is 2.38 bits per heavy atom. The predicted octanol–water partition coefficient (Wildman–Crippen LogP) is 2.28. The molecule has 1 aromatic rings. The molecule has 0 aliphatic rings. The average molecular weight is 284 g/mol. The van der Waals surface area contributed by atoms with Gasteiger partial charge in [0, 0.05) is 5.56 Å².